The first-order chi connectivity index (χ1) is 29.8. The molecular weight excluding hydrogens is 745 g/mol. The van der Waals surface area contributed by atoms with Gasteiger partial charge in [-0.3, -0.25) is 0 Å². The third-order valence-corrected chi connectivity index (χ3v) is 17.2. The lowest BCUT2D eigenvalue weighted by atomic mass is 9.47. The molecule has 4 heteroatoms. The summed E-state index contributed by atoms with van der Waals surface area (Å²) in [5.74, 6) is 8.49. The second-order valence-corrected chi connectivity index (χ2v) is 21.1. The highest BCUT2D eigenvalue weighted by Crippen LogP contribution is 2.65. The summed E-state index contributed by atoms with van der Waals surface area (Å²) in [4.78, 5) is 0. The molecule has 15 rings (SSSR count). The maximum absolute atomic E-state index is 6.44. The van der Waals surface area contributed by atoms with E-state index in [9.17, 15) is 0 Å². The first-order valence-electron chi connectivity index (χ1n) is 23.4. The van der Waals surface area contributed by atoms with Crippen LogP contribution in [-0.2, 0) is 16.2 Å². The van der Waals surface area contributed by atoms with Crippen LogP contribution in [0.4, 0.5) is 11.4 Å². The second-order valence-electron chi connectivity index (χ2n) is 21.1. The molecule has 8 bridgehead atoms. The monoisotopic (exact) mass is 800 g/mol. The number of nitrogens with two attached hydrogens (primary N) is 2. The predicted octanol–water partition coefficient (Wildman–Crippen LogP) is 13.7. The minimum absolute atomic E-state index is 0.280. The van der Waals surface area contributed by atoms with Crippen LogP contribution in [0, 0.1) is 35.5 Å². The maximum Gasteiger partial charge on any atom is 0.127 e. The quantitative estimate of drug-likeness (QED) is 0.150. The van der Waals surface area contributed by atoms with Crippen molar-refractivity contribution in [2.45, 2.75) is 93.3 Å². The largest absolute Gasteiger partial charge is 0.457 e. The number of hydrogen-bond acceptors (Lipinski definition) is 4. The van der Waals surface area contributed by atoms with E-state index in [0.717, 1.165) is 69.9 Å². The lowest BCUT2D eigenvalue weighted by molar-refractivity contribution is -0.00530. The molecule has 8 saturated carbocycles. The number of nitrogen functional groups attached to an aromatic ring is 2. The fraction of sp³-hybridized carbons (Fsp3) is 0.368. The zero-order chi connectivity index (χ0) is 40.5. The van der Waals surface area contributed by atoms with E-state index in [1.165, 1.54) is 110 Å². The van der Waals surface area contributed by atoms with Gasteiger partial charge in [-0.05, 0) is 241 Å². The van der Waals surface area contributed by atoms with Crippen molar-refractivity contribution in [3.8, 4) is 34.1 Å². The van der Waals surface area contributed by atoms with Crippen LogP contribution in [0.5, 0.6) is 23.0 Å². The van der Waals surface area contributed by atoms with Crippen molar-refractivity contribution in [1.82, 2.24) is 0 Å². The number of fused-ring (bicyclic) bond motifs is 3. The highest BCUT2D eigenvalue weighted by Gasteiger charge is 2.55. The van der Waals surface area contributed by atoms with Crippen LogP contribution in [0.3, 0.4) is 0 Å². The Morgan fingerprint density at radius 2 is 0.623 bits per heavy atom. The van der Waals surface area contributed by atoms with Gasteiger partial charge in [0.2, 0.25) is 0 Å². The Morgan fingerprint density at radius 3 is 0.934 bits per heavy atom. The molecule has 306 valence electrons. The molecule has 9 aliphatic carbocycles. The van der Waals surface area contributed by atoms with Gasteiger partial charge in [0.1, 0.15) is 23.0 Å². The van der Waals surface area contributed by atoms with Gasteiger partial charge in [0.15, 0.2) is 0 Å². The Hall–Kier alpha value is -5.48. The van der Waals surface area contributed by atoms with Crippen LogP contribution in [-0.4, -0.2) is 0 Å². The van der Waals surface area contributed by atoms with Crippen molar-refractivity contribution >= 4 is 11.4 Å². The molecule has 0 spiro atoms. The molecular formula is C57H56N2O2. The molecule has 6 aromatic carbocycles. The number of rotatable bonds is 8. The van der Waals surface area contributed by atoms with Crippen molar-refractivity contribution in [1.29, 1.82) is 0 Å². The van der Waals surface area contributed by atoms with Crippen LogP contribution in [0.1, 0.15) is 110 Å². The average molecular weight is 801 g/mol. The summed E-state index contributed by atoms with van der Waals surface area (Å²) in [7, 11) is 0. The second kappa shape index (κ2) is 13.3. The van der Waals surface area contributed by atoms with Gasteiger partial charge in [-0.25, -0.2) is 0 Å². The molecule has 4 nitrogen and oxygen atoms in total. The number of ether oxygens (including phenoxy) is 2. The lowest BCUT2D eigenvalue weighted by Crippen LogP contribution is -2.48. The van der Waals surface area contributed by atoms with E-state index >= 15 is 0 Å². The molecule has 0 saturated heterocycles. The molecule has 0 aromatic heterocycles. The van der Waals surface area contributed by atoms with Gasteiger partial charge in [0.25, 0.3) is 0 Å². The fourth-order valence-electron chi connectivity index (χ4n) is 15.6. The van der Waals surface area contributed by atoms with E-state index in [1.54, 1.807) is 11.1 Å². The van der Waals surface area contributed by atoms with Crippen molar-refractivity contribution in [3.05, 3.63) is 167 Å². The smallest absolute Gasteiger partial charge is 0.127 e. The molecule has 61 heavy (non-hydrogen) atoms. The Balaban J connectivity index is 1.01. The van der Waals surface area contributed by atoms with Crippen LogP contribution < -0.4 is 20.9 Å². The van der Waals surface area contributed by atoms with E-state index in [-0.39, 0.29) is 10.8 Å². The molecule has 0 radical (unpaired) electrons. The summed E-state index contributed by atoms with van der Waals surface area (Å²) in [6, 6.07) is 49.1. The van der Waals surface area contributed by atoms with Gasteiger partial charge < -0.3 is 20.9 Å². The topological polar surface area (TPSA) is 70.5 Å². The molecule has 0 aliphatic heterocycles. The summed E-state index contributed by atoms with van der Waals surface area (Å²) in [6.45, 7) is 0. The molecule has 9 aliphatic rings. The summed E-state index contributed by atoms with van der Waals surface area (Å²) >= 11 is 0. The molecule has 4 N–H and O–H groups in total. The van der Waals surface area contributed by atoms with E-state index in [2.05, 4.69) is 84.9 Å². The summed E-state index contributed by atoms with van der Waals surface area (Å²) in [5, 5.41) is 0. The first-order valence-corrected chi connectivity index (χ1v) is 23.4. The number of benzene rings is 6. The summed E-state index contributed by atoms with van der Waals surface area (Å²) in [5.41, 5.74) is 24.9. The van der Waals surface area contributed by atoms with Crippen molar-refractivity contribution < 1.29 is 9.47 Å². The standard InChI is InChI=1S/C57H56N2O2/c58-45-7-15-49(16-8-45)60-47-11-1-41(2-12-47)57(42-3-13-48(14-4-42)61-50-17-9-46(59)10-18-50)53-27-43(55-29-35-21-36(30-55)23-37(22-35)31-55)5-19-51(53)52-20-6-44(28-54(52)57)56-32-38-24-39(33-56)26-40(25-38)34-56/h1-20,27-28,35-40H,21-26,29-34,58-59H2. The molecule has 0 heterocycles. The molecule has 0 amide bonds. The van der Waals surface area contributed by atoms with Gasteiger partial charge in [-0.1, -0.05) is 60.7 Å². The first kappa shape index (κ1) is 36.2. The van der Waals surface area contributed by atoms with E-state index in [4.69, 9.17) is 20.9 Å². The van der Waals surface area contributed by atoms with Crippen LogP contribution >= 0.6 is 0 Å². The van der Waals surface area contributed by atoms with E-state index in [1.807, 2.05) is 48.5 Å². The van der Waals surface area contributed by atoms with Gasteiger partial charge in [-0.15, -0.1) is 0 Å². The normalized spacial score (nSPS) is 30.6. The zero-order valence-electron chi connectivity index (χ0n) is 35.1. The average Bonchev–Trinajstić information content (AvgIpc) is 3.55. The van der Waals surface area contributed by atoms with Gasteiger partial charge in [0.05, 0.1) is 5.41 Å². The van der Waals surface area contributed by atoms with Crippen LogP contribution in [0.2, 0.25) is 0 Å². The predicted molar refractivity (Wildman–Crippen MR) is 245 cm³/mol. The van der Waals surface area contributed by atoms with Crippen molar-refractivity contribution in [3.63, 3.8) is 0 Å². The third-order valence-electron chi connectivity index (χ3n) is 17.2. The number of hydrogen-bond donors (Lipinski definition) is 2. The van der Waals surface area contributed by atoms with Crippen molar-refractivity contribution in [2.75, 3.05) is 11.5 Å². The SMILES string of the molecule is Nc1ccc(Oc2ccc(C3(c4ccc(Oc5ccc(N)cc5)cc4)c4cc(C56CC7CC(CC(C7)C5)C6)ccc4-c4ccc(C56CC7CC(CC(C7)C5)C6)cc43)cc2)cc1. The zero-order valence-corrected chi connectivity index (χ0v) is 35.1. The van der Waals surface area contributed by atoms with Crippen LogP contribution in [0.15, 0.2) is 133 Å². The molecule has 0 unspecified atom stereocenters. The maximum atomic E-state index is 6.44. The minimum atomic E-state index is -0.541. The number of anilines is 2. The minimum Gasteiger partial charge on any atom is -0.457 e. The third kappa shape index (κ3) is 5.69. The van der Waals surface area contributed by atoms with Gasteiger partial charge >= 0.3 is 0 Å². The fourth-order valence-corrected chi connectivity index (χ4v) is 15.6. The van der Waals surface area contributed by atoms with Crippen molar-refractivity contribution in [2.24, 2.45) is 35.5 Å². The Bertz CT molecular complexity index is 2400. The van der Waals surface area contributed by atoms with E-state index in [0.29, 0.717) is 0 Å². The summed E-state index contributed by atoms with van der Waals surface area (Å²) < 4.78 is 12.9. The highest BCUT2D eigenvalue weighted by atomic mass is 16.5. The van der Waals surface area contributed by atoms with E-state index < -0.39 is 5.41 Å². The lowest BCUT2D eigenvalue weighted by Gasteiger charge is -2.57. The van der Waals surface area contributed by atoms with Gasteiger partial charge in [-0.2, -0.15) is 0 Å². The molecule has 8 fully saturated rings. The highest BCUT2D eigenvalue weighted by molar-refractivity contribution is 5.87. The Labute approximate surface area is 360 Å². The Kier molecular flexibility index (Phi) is 7.87. The molecule has 6 aromatic rings. The van der Waals surface area contributed by atoms with Crippen LogP contribution in [0.25, 0.3) is 11.1 Å². The summed E-state index contributed by atoms with van der Waals surface area (Å²) in [6.07, 6.45) is 16.8. The molecule has 0 atom stereocenters. The Morgan fingerprint density at radius 1 is 0.344 bits per heavy atom. The van der Waals surface area contributed by atoms with Gasteiger partial charge in [0, 0.05) is 11.4 Å².